The molecule has 0 fully saturated rings. The van der Waals surface area contributed by atoms with Gasteiger partial charge in [-0.2, -0.15) is 0 Å². The van der Waals surface area contributed by atoms with Crippen LogP contribution >= 0.6 is 0 Å². The summed E-state index contributed by atoms with van der Waals surface area (Å²) >= 11 is 0. The van der Waals surface area contributed by atoms with Crippen molar-refractivity contribution in [3.8, 4) is 0 Å². The maximum atomic E-state index is 11.4. The number of rotatable bonds is 1. The molecule has 0 aromatic heterocycles. The summed E-state index contributed by atoms with van der Waals surface area (Å²) in [4.78, 5) is 11.4. The minimum Gasteiger partial charge on any atom is -0.299 e. The minimum absolute atomic E-state index is 0.186. The Labute approximate surface area is 68.5 Å². The van der Waals surface area contributed by atoms with E-state index in [4.69, 9.17) is 0 Å². The van der Waals surface area contributed by atoms with Crippen molar-refractivity contribution < 1.29 is 4.79 Å². The van der Waals surface area contributed by atoms with E-state index in [0.717, 1.165) is 6.42 Å². The first-order valence-corrected chi connectivity index (χ1v) is 4.32. The van der Waals surface area contributed by atoms with E-state index >= 15 is 0 Å². The van der Waals surface area contributed by atoms with Gasteiger partial charge in [0.15, 0.2) is 0 Å². The Bertz CT molecular complexity index is 179. The zero-order valence-corrected chi connectivity index (χ0v) is 7.50. The van der Waals surface area contributed by atoms with Crippen molar-refractivity contribution in [2.24, 2.45) is 17.8 Å². The van der Waals surface area contributed by atoms with Crippen LogP contribution in [0.25, 0.3) is 0 Å². The fourth-order valence-corrected chi connectivity index (χ4v) is 1.53. The first-order chi connectivity index (χ1) is 5.11. The van der Waals surface area contributed by atoms with E-state index in [9.17, 15) is 4.79 Å². The second-order valence-corrected chi connectivity index (χ2v) is 3.80. The highest BCUT2D eigenvalue weighted by Crippen LogP contribution is 2.23. The Kier molecular flexibility index (Phi) is 2.48. The smallest absolute Gasteiger partial charge is 0.140 e. The van der Waals surface area contributed by atoms with E-state index in [1.807, 2.05) is 0 Å². The van der Waals surface area contributed by atoms with Crippen molar-refractivity contribution in [2.75, 3.05) is 0 Å². The summed E-state index contributed by atoms with van der Waals surface area (Å²) in [6.07, 6.45) is 4.96. The van der Waals surface area contributed by atoms with Crippen LogP contribution in [-0.2, 0) is 4.79 Å². The van der Waals surface area contributed by atoms with Crippen molar-refractivity contribution in [1.82, 2.24) is 0 Å². The molecule has 0 saturated carbocycles. The SMILES string of the molecule is CC1C=CC(C(C)C)C(=O)C1. The Morgan fingerprint density at radius 2 is 2.09 bits per heavy atom. The summed E-state index contributed by atoms with van der Waals surface area (Å²) in [7, 11) is 0. The van der Waals surface area contributed by atoms with Crippen LogP contribution in [-0.4, -0.2) is 5.78 Å². The molecular formula is C10H16O. The lowest BCUT2D eigenvalue weighted by molar-refractivity contribution is -0.123. The molecule has 1 rings (SSSR count). The summed E-state index contributed by atoms with van der Waals surface area (Å²) in [6, 6.07) is 0. The van der Waals surface area contributed by atoms with Gasteiger partial charge in [0.1, 0.15) is 5.78 Å². The van der Waals surface area contributed by atoms with Gasteiger partial charge in [-0.1, -0.05) is 32.9 Å². The topological polar surface area (TPSA) is 17.1 Å². The Hall–Kier alpha value is -0.590. The summed E-state index contributed by atoms with van der Waals surface area (Å²) in [5.74, 6) is 1.52. The molecule has 0 aromatic rings. The van der Waals surface area contributed by atoms with E-state index in [1.165, 1.54) is 0 Å². The zero-order valence-electron chi connectivity index (χ0n) is 7.50. The van der Waals surface area contributed by atoms with Crippen molar-refractivity contribution in [3.63, 3.8) is 0 Å². The van der Waals surface area contributed by atoms with Gasteiger partial charge in [-0.15, -0.1) is 0 Å². The van der Waals surface area contributed by atoms with Gasteiger partial charge in [0.2, 0.25) is 0 Å². The first kappa shape index (κ1) is 8.51. The Morgan fingerprint density at radius 3 is 2.55 bits per heavy atom. The average molecular weight is 152 g/mol. The molecule has 0 bridgehead atoms. The van der Waals surface area contributed by atoms with Gasteiger partial charge in [0, 0.05) is 12.3 Å². The van der Waals surface area contributed by atoms with Gasteiger partial charge in [0.05, 0.1) is 0 Å². The summed E-state index contributed by atoms with van der Waals surface area (Å²) < 4.78 is 0. The number of allylic oxidation sites excluding steroid dienone is 2. The molecule has 11 heavy (non-hydrogen) atoms. The van der Waals surface area contributed by atoms with Gasteiger partial charge in [0.25, 0.3) is 0 Å². The molecule has 0 amide bonds. The van der Waals surface area contributed by atoms with Crippen LogP contribution in [0.4, 0.5) is 0 Å². The van der Waals surface area contributed by atoms with E-state index in [2.05, 4.69) is 32.9 Å². The maximum absolute atomic E-state index is 11.4. The number of hydrogen-bond acceptors (Lipinski definition) is 1. The lowest BCUT2D eigenvalue weighted by atomic mass is 9.82. The van der Waals surface area contributed by atoms with Crippen molar-refractivity contribution in [1.29, 1.82) is 0 Å². The van der Waals surface area contributed by atoms with Crippen LogP contribution < -0.4 is 0 Å². The van der Waals surface area contributed by atoms with E-state index in [1.54, 1.807) is 0 Å². The van der Waals surface area contributed by atoms with Crippen LogP contribution in [0.1, 0.15) is 27.2 Å². The molecule has 1 heteroatoms. The molecule has 1 nitrogen and oxygen atoms in total. The summed E-state index contributed by atoms with van der Waals surface area (Å²) in [5.41, 5.74) is 0. The standard InChI is InChI=1S/C10H16O/c1-7(2)9-5-4-8(3)6-10(9)11/h4-5,7-9H,6H2,1-3H3. The third-order valence-corrected chi connectivity index (χ3v) is 2.26. The Balaban J connectivity index is 2.68. The molecule has 0 spiro atoms. The largest absolute Gasteiger partial charge is 0.299 e. The molecule has 1 aliphatic carbocycles. The van der Waals surface area contributed by atoms with Gasteiger partial charge < -0.3 is 0 Å². The van der Waals surface area contributed by atoms with Crippen molar-refractivity contribution >= 4 is 5.78 Å². The molecule has 0 N–H and O–H groups in total. The number of ketones is 1. The van der Waals surface area contributed by atoms with Crippen LogP contribution in [0.5, 0.6) is 0 Å². The predicted molar refractivity (Wildman–Crippen MR) is 46.3 cm³/mol. The van der Waals surface area contributed by atoms with E-state index in [0.29, 0.717) is 17.6 Å². The molecular weight excluding hydrogens is 136 g/mol. The molecule has 2 unspecified atom stereocenters. The lowest BCUT2D eigenvalue weighted by Crippen LogP contribution is -2.23. The minimum atomic E-state index is 0.186. The van der Waals surface area contributed by atoms with Crippen molar-refractivity contribution in [2.45, 2.75) is 27.2 Å². The molecule has 0 saturated heterocycles. The third kappa shape index (κ3) is 1.92. The first-order valence-electron chi connectivity index (χ1n) is 4.32. The van der Waals surface area contributed by atoms with Gasteiger partial charge in [-0.25, -0.2) is 0 Å². The second-order valence-electron chi connectivity index (χ2n) is 3.80. The fourth-order valence-electron chi connectivity index (χ4n) is 1.53. The highest BCUT2D eigenvalue weighted by molar-refractivity contribution is 5.84. The van der Waals surface area contributed by atoms with E-state index < -0.39 is 0 Å². The van der Waals surface area contributed by atoms with Crippen molar-refractivity contribution in [3.05, 3.63) is 12.2 Å². The highest BCUT2D eigenvalue weighted by Gasteiger charge is 2.23. The molecule has 2 atom stereocenters. The molecule has 62 valence electrons. The van der Waals surface area contributed by atoms with Crippen LogP contribution in [0.3, 0.4) is 0 Å². The quantitative estimate of drug-likeness (QED) is 0.527. The van der Waals surface area contributed by atoms with E-state index in [-0.39, 0.29) is 5.92 Å². The molecule has 0 heterocycles. The highest BCUT2D eigenvalue weighted by atomic mass is 16.1. The Morgan fingerprint density at radius 1 is 1.45 bits per heavy atom. The normalized spacial score (nSPS) is 31.5. The third-order valence-electron chi connectivity index (χ3n) is 2.26. The summed E-state index contributed by atoms with van der Waals surface area (Å²) in [6.45, 7) is 6.29. The maximum Gasteiger partial charge on any atom is 0.140 e. The van der Waals surface area contributed by atoms with Gasteiger partial charge >= 0.3 is 0 Å². The number of Topliss-reactive ketones (excluding diaryl/α,β-unsaturated/α-hetero) is 1. The average Bonchev–Trinajstić information content (AvgIpc) is 1.85. The van der Waals surface area contributed by atoms with Crippen LogP contribution in [0.2, 0.25) is 0 Å². The zero-order chi connectivity index (χ0) is 8.43. The number of hydrogen-bond donors (Lipinski definition) is 0. The number of carbonyl (C=O) groups excluding carboxylic acids is 1. The van der Waals surface area contributed by atoms with Gasteiger partial charge in [-0.05, 0) is 11.8 Å². The molecule has 0 aromatic carbocycles. The molecule has 0 aliphatic heterocycles. The summed E-state index contributed by atoms with van der Waals surface area (Å²) in [5, 5.41) is 0. The second kappa shape index (κ2) is 3.21. The lowest BCUT2D eigenvalue weighted by Gasteiger charge is -2.21. The number of carbonyl (C=O) groups is 1. The van der Waals surface area contributed by atoms with Crippen LogP contribution in [0, 0.1) is 17.8 Å². The van der Waals surface area contributed by atoms with Gasteiger partial charge in [-0.3, -0.25) is 4.79 Å². The molecule has 1 aliphatic rings. The predicted octanol–water partition coefficient (Wildman–Crippen LogP) is 2.42. The monoisotopic (exact) mass is 152 g/mol. The fraction of sp³-hybridized carbons (Fsp3) is 0.700. The van der Waals surface area contributed by atoms with Crippen LogP contribution in [0.15, 0.2) is 12.2 Å². The molecule has 0 radical (unpaired) electrons.